The molecule has 0 aliphatic heterocycles. The van der Waals surface area contributed by atoms with E-state index in [0.717, 1.165) is 25.8 Å². The number of carbonyl (C=O) groups is 1. The predicted octanol–water partition coefficient (Wildman–Crippen LogP) is 6.59. The summed E-state index contributed by atoms with van der Waals surface area (Å²) in [6.07, 6.45) is 0. The van der Waals surface area contributed by atoms with Crippen molar-refractivity contribution < 1.29 is 4.79 Å². The number of benzene rings is 2. The normalized spacial score (nSPS) is 12.0. The van der Waals surface area contributed by atoms with Crippen molar-refractivity contribution in [2.45, 2.75) is 26.7 Å². The van der Waals surface area contributed by atoms with E-state index in [9.17, 15) is 4.79 Å². The Balaban J connectivity index is 1.79. The van der Waals surface area contributed by atoms with Gasteiger partial charge in [0.2, 0.25) is 0 Å². The number of halogens is 2. The molecule has 1 N–H and O–H groups in total. The highest BCUT2D eigenvalue weighted by molar-refractivity contribution is 9.10. The van der Waals surface area contributed by atoms with Crippen molar-refractivity contribution >= 4 is 60.6 Å². The highest BCUT2D eigenvalue weighted by Crippen LogP contribution is 2.36. The van der Waals surface area contributed by atoms with E-state index in [2.05, 4.69) is 52.4 Å². The van der Waals surface area contributed by atoms with Crippen LogP contribution in [0.25, 0.3) is 10.1 Å². The number of amides is 1. The van der Waals surface area contributed by atoms with Crippen molar-refractivity contribution in [1.29, 1.82) is 0 Å². The number of carbonyl (C=O) groups excluding carboxylic acids is 1. The van der Waals surface area contributed by atoms with E-state index in [1.54, 1.807) is 0 Å². The van der Waals surface area contributed by atoms with Crippen LogP contribution >= 0.6 is 38.9 Å². The molecule has 0 atom stereocenters. The zero-order valence-electron chi connectivity index (χ0n) is 14.6. The lowest BCUT2D eigenvalue weighted by molar-refractivity contribution is 0.0959. The number of nitrogens with zero attached hydrogens (tertiary/aromatic N) is 1. The molecule has 134 valence electrons. The van der Waals surface area contributed by atoms with E-state index in [0.29, 0.717) is 15.8 Å². The van der Waals surface area contributed by atoms with Crippen LogP contribution in [0.1, 0.15) is 47.5 Å². The first-order valence-electron chi connectivity index (χ1n) is 8.19. The summed E-state index contributed by atoms with van der Waals surface area (Å²) >= 11 is 11.2. The van der Waals surface area contributed by atoms with Crippen LogP contribution in [0.5, 0.6) is 0 Å². The zero-order valence-corrected chi connectivity index (χ0v) is 17.8. The molecule has 26 heavy (non-hydrogen) atoms. The Labute approximate surface area is 170 Å². The minimum absolute atomic E-state index is 0.300. The second-order valence-electron chi connectivity index (χ2n) is 6.30. The summed E-state index contributed by atoms with van der Waals surface area (Å²) in [6.45, 7) is 6.18. The quantitative estimate of drug-likeness (QED) is 0.354. The number of hydrogen-bond donors (Lipinski definition) is 1. The van der Waals surface area contributed by atoms with E-state index in [1.807, 2.05) is 37.3 Å². The first-order valence-corrected chi connectivity index (χ1v) is 10.2. The minimum atomic E-state index is -0.300. The van der Waals surface area contributed by atoms with Crippen molar-refractivity contribution in [2.24, 2.45) is 5.10 Å². The second kappa shape index (κ2) is 7.91. The van der Waals surface area contributed by atoms with Gasteiger partial charge in [0.05, 0.1) is 10.7 Å². The molecule has 0 aliphatic carbocycles. The van der Waals surface area contributed by atoms with Crippen LogP contribution in [0.4, 0.5) is 0 Å². The smallest absolute Gasteiger partial charge is 0.266 e. The van der Waals surface area contributed by atoms with Gasteiger partial charge < -0.3 is 0 Å². The molecule has 0 aliphatic rings. The third-order valence-electron chi connectivity index (χ3n) is 4.12. The average molecular weight is 450 g/mol. The summed E-state index contributed by atoms with van der Waals surface area (Å²) in [4.78, 5) is 13.0. The number of hydrazone groups is 1. The van der Waals surface area contributed by atoms with Crippen LogP contribution < -0.4 is 5.43 Å². The fourth-order valence-corrected chi connectivity index (χ4v) is 4.50. The number of rotatable bonds is 4. The SMILES string of the molecule is C/C(=N\NC(=O)c1sc2cc(Br)ccc2c1Cl)c1ccc(C(C)C)cc1. The first kappa shape index (κ1) is 19.1. The van der Waals surface area contributed by atoms with Gasteiger partial charge in [-0.25, -0.2) is 5.43 Å². The molecule has 1 aromatic heterocycles. The number of nitrogens with one attached hydrogen (secondary N) is 1. The molecule has 2 aromatic carbocycles. The van der Waals surface area contributed by atoms with Crippen molar-refractivity contribution in [3.8, 4) is 0 Å². The summed E-state index contributed by atoms with van der Waals surface area (Å²) < 4.78 is 1.91. The van der Waals surface area contributed by atoms with Gasteiger partial charge in [-0.05, 0) is 36.1 Å². The largest absolute Gasteiger partial charge is 0.283 e. The molecule has 3 nitrogen and oxygen atoms in total. The monoisotopic (exact) mass is 448 g/mol. The van der Waals surface area contributed by atoms with Crippen molar-refractivity contribution in [2.75, 3.05) is 0 Å². The van der Waals surface area contributed by atoms with Crippen LogP contribution in [0, 0.1) is 0 Å². The Bertz CT molecular complexity index is 993. The molecular formula is C20H18BrClN2OS. The Morgan fingerprint density at radius 2 is 1.88 bits per heavy atom. The lowest BCUT2D eigenvalue weighted by Gasteiger charge is -2.07. The van der Waals surface area contributed by atoms with Gasteiger partial charge in [0.25, 0.3) is 5.91 Å². The second-order valence-corrected chi connectivity index (χ2v) is 8.65. The number of thiophene rings is 1. The summed E-state index contributed by atoms with van der Waals surface area (Å²) in [6, 6.07) is 14.0. The lowest BCUT2D eigenvalue weighted by atomic mass is 10.0. The summed E-state index contributed by atoms with van der Waals surface area (Å²) in [5, 5.41) is 5.56. The van der Waals surface area contributed by atoms with Gasteiger partial charge in [-0.1, -0.05) is 71.7 Å². The van der Waals surface area contributed by atoms with Crippen LogP contribution in [0.15, 0.2) is 52.0 Å². The standard InChI is InChI=1S/C20H18BrClN2OS/c1-11(2)13-4-6-14(7-5-13)12(3)23-24-20(25)19-18(22)16-9-8-15(21)10-17(16)26-19/h4-11H,1-3H3,(H,24,25)/b23-12+. The fraction of sp³-hybridized carbons (Fsp3) is 0.200. The van der Waals surface area contributed by atoms with E-state index in [1.165, 1.54) is 16.9 Å². The Morgan fingerprint density at radius 3 is 2.54 bits per heavy atom. The highest BCUT2D eigenvalue weighted by Gasteiger charge is 2.17. The lowest BCUT2D eigenvalue weighted by Crippen LogP contribution is -2.18. The molecule has 0 saturated carbocycles. The molecule has 0 unspecified atom stereocenters. The van der Waals surface area contributed by atoms with Gasteiger partial charge >= 0.3 is 0 Å². The van der Waals surface area contributed by atoms with Gasteiger partial charge in [-0.15, -0.1) is 11.3 Å². The predicted molar refractivity (Wildman–Crippen MR) is 115 cm³/mol. The maximum Gasteiger partial charge on any atom is 0.283 e. The molecule has 0 spiro atoms. The van der Waals surface area contributed by atoms with Gasteiger partial charge in [0, 0.05) is 14.6 Å². The minimum Gasteiger partial charge on any atom is -0.266 e. The molecule has 1 amide bonds. The van der Waals surface area contributed by atoms with Gasteiger partial charge in [-0.3, -0.25) is 4.79 Å². The van der Waals surface area contributed by atoms with Crippen LogP contribution in [-0.2, 0) is 0 Å². The zero-order chi connectivity index (χ0) is 18.8. The van der Waals surface area contributed by atoms with Gasteiger partial charge in [0.15, 0.2) is 0 Å². The Morgan fingerprint density at radius 1 is 1.19 bits per heavy atom. The maximum atomic E-state index is 12.5. The van der Waals surface area contributed by atoms with Crippen LogP contribution in [0.2, 0.25) is 5.02 Å². The molecule has 6 heteroatoms. The fourth-order valence-electron chi connectivity index (χ4n) is 2.54. The van der Waals surface area contributed by atoms with E-state index in [4.69, 9.17) is 11.6 Å². The molecular weight excluding hydrogens is 432 g/mol. The maximum absolute atomic E-state index is 12.5. The van der Waals surface area contributed by atoms with Gasteiger partial charge in [0.1, 0.15) is 4.88 Å². The molecule has 1 heterocycles. The summed E-state index contributed by atoms with van der Waals surface area (Å²) in [5.74, 6) is 0.182. The van der Waals surface area contributed by atoms with Crippen LogP contribution in [0.3, 0.4) is 0 Å². The van der Waals surface area contributed by atoms with E-state index in [-0.39, 0.29) is 5.91 Å². The molecule has 0 saturated heterocycles. The summed E-state index contributed by atoms with van der Waals surface area (Å²) in [5.41, 5.74) is 5.60. The Kier molecular flexibility index (Phi) is 5.80. The van der Waals surface area contributed by atoms with Gasteiger partial charge in [-0.2, -0.15) is 5.10 Å². The van der Waals surface area contributed by atoms with E-state index >= 15 is 0 Å². The average Bonchev–Trinajstić information content (AvgIpc) is 2.95. The van der Waals surface area contributed by atoms with Crippen molar-refractivity contribution in [3.05, 3.63) is 68.0 Å². The highest BCUT2D eigenvalue weighted by atomic mass is 79.9. The molecule has 0 radical (unpaired) electrons. The molecule has 0 fully saturated rings. The topological polar surface area (TPSA) is 41.5 Å². The van der Waals surface area contributed by atoms with Crippen LogP contribution in [-0.4, -0.2) is 11.6 Å². The molecule has 3 aromatic rings. The number of fused-ring (bicyclic) bond motifs is 1. The first-order chi connectivity index (χ1) is 12.4. The van der Waals surface area contributed by atoms with Crippen molar-refractivity contribution in [1.82, 2.24) is 5.43 Å². The summed E-state index contributed by atoms with van der Waals surface area (Å²) in [7, 11) is 0. The third kappa shape index (κ3) is 4.00. The van der Waals surface area contributed by atoms with Crippen molar-refractivity contribution in [3.63, 3.8) is 0 Å². The third-order valence-corrected chi connectivity index (χ3v) is 6.27. The molecule has 0 bridgehead atoms. The number of hydrogen-bond acceptors (Lipinski definition) is 3. The van der Waals surface area contributed by atoms with E-state index < -0.39 is 0 Å². The molecule has 3 rings (SSSR count). The Hall–Kier alpha value is -1.69.